The molecule has 0 aliphatic rings. The summed E-state index contributed by atoms with van der Waals surface area (Å²) in [5.74, 6) is -0.701. The average molecular weight is 601 g/mol. The fraction of sp³-hybridized carbons (Fsp3) is 0.867. The van der Waals surface area contributed by atoms with E-state index in [0.29, 0.717) is 36.3 Å². The minimum Gasteiger partial charge on any atom is -0.387 e. The van der Waals surface area contributed by atoms with Crippen LogP contribution in [0.2, 0.25) is 0 Å². The highest BCUT2D eigenvalue weighted by Crippen LogP contribution is 2.29. The van der Waals surface area contributed by atoms with Gasteiger partial charge in [-0.15, -0.1) is 0 Å². The molecular weight excluding hydrogens is 540 g/mol. The summed E-state index contributed by atoms with van der Waals surface area (Å²) in [6.45, 7) is 13.2. The molecule has 0 fully saturated rings. The predicted octanol–water partition coefficient (Wildman–Crippen LogP) is 1.51. The summed E-state index contributed by atoms with van der Waals surface area (Å²) in [7, 11) is 0. The van der Waals surface area contributed by atoms with Gasteiger partial charge in [0, 0.05) is 31.5 Å². The minimum absolute atomic E-state index is 0.0437. The number of hydrogen-bond donors (Lipinski definition) is 8. The molecule has 12 heteroatoms. The zero-order valence-electron chi connectivity index (χ0n) is 26.9. The number of nitrogens with two attached hydrogens (primary N) is 2. The molecule has 0 aliphatic carbocycles. The molecule has 0 saturated carbocycles. The number of aliphatic hydroxyl groups excluding tert-OH is 4. The Morgan fingerprint density at radius 1 is 0.714 bits per heavy atom. The molecule has 42 heavy (non-hydrogen) atoms. The van der Waals surface area contributed by atoms with Crippen molar-refractivity contribution in [1.82, 2.24) is 10.6 Å². The molecule has 0 aromatic heterocycles. The van der Waals surface area contributed by atoms with Crippen molar-refractivity contribution in [2.24, 2.45) is 26.9 Å². The van der Waals surface area contributed by atoms with Crippen LogP contribution in [-0.4, -0.2) is 93.5 Å². The molecular formula is C30H60N6O6. The lowest BCUT2D eigenvalue weighted by molar-refractivity contribution is -0.156. The number of amidine groups is 2. The van der Waals surface area contributed by atoms with Crippen molar-refractivity contribution in [3.63, 3.8) is 0 Å². The van der Waals surface area contributed by atoms with E-state index in [2.05, 4.69) is 41.4 Å². The third-order valence-corrected chi connectivity index (χ3v) is 8.60. The summed E-state index contributed by atoms with van der Waals surface area (Å²) in [6.07, 6.45) is 1.54. The Kier molecular flexibility index (Phi) is 19.5. The maximum Gasteiger partial charge on any atom is 0.252 e. The van der Waals surface area contributed by atoms with Crippen LogP contribution in [0.25, 0.3) is 0 Å². The van der Waals surface area contributed by atoms with Gasteiger partial charge in [-0.2, -0.15) is 0 Å². The van der Waals surface area contributed by atoms with Crippen LogP contribution in [0.3, 0.4) is 0 Å². The lowest BCUT2D eigenvalue weighted by Gasteiger charge is -2.31. The lowest BCUT2D eigenvalue weighted by Crippen LogP contribution is -2.57. The van der Waals surface area contributed by atoms with Gasteiger partial charge in [0.25, 0.3) is 11.8 Å². The highest BCUT2D eigenvalue weighted by atomic mass is 16.4. The molecule has 0 radical (unpaired) electrons. The van der Waals surface area contributed by atoms with Crippen LogP contribution in [0.1, 0.15) is 112 Å². The number of aliphatic hydroxyl groups is 4. The molecule has 12 nitrogen and oxygen atoms in total. The number of unbranched alkanes of at least 4 members (excludes halogenated alkanes) is 3. The predicted molar refractivity (Wildman–Crippen MR) is 168 cm³/mol. The number of carbonyl (C=O) groups excluding carboxylic acids is 2. The molecule has 4 atom stereocenters. The number of rotatable bonds is 23. The van der Waals surface area contributed by atoms with Crippen LogP contribution in [0.15, 0.2) is 9.98 Å². The van der Waals surface area contributed by atoms with Crippen molar-refractivity contribution < 1.29 is 30.0 Å². The quantitative estimate of drug-likeness (QED) is 0.0487. The number of nitrogens with one attached hydrogen (secondary N) is 2. The normalized spacial score (nSPS) is 16.0. The van der Waals surface area contributed by atoms with E-state index >= 15 is 0 Å². The molecule has 0 aliphatic heterocycles. The maximum absolute atomic E-state index is 12.3. The first-order chi connectivity index (χ1) is 19.7. The van der Waals surface area contributed by atoms with E-state index in [-0.39, 0.29) is 13.1 Å². The summed E-state index contributed by atoms with van der Waals surface area (Å²) in [6, 6.07) is 0. The van der Waals surface area contributed by atoms with Gasteiger partial charge in [-0.1, -0.05) is 60.3 Å². The molecule has 0 heterocycles. The molecule has 0 unspecified atom stereocenters. The highest BCUT2D eigenvalue weighted by Gasteiger charge is 2.38. The highest BCUT2D eigenvalue weighted by molar-refractivity contribution is 5.84. The number of amides is 2. The SMILES string of the molecule is CCC(C)(CC)CCN=C(N)CCCCCCC(N)=NCCNC(=O)[C@H](O)[C@@H](O)[C@@H](O)[C@H](O)C(=O)NC(C)(CC)CC. The number of hydrogen-bond acceptors (Lipinski definition) is 8. The minimum atomic E-state index is -2.08. The summed E-state index contributed by atoms with van der Waals surface area (Å²) in [5, 5.41) is 45.5. The Morgan fingerprint density at radius 2 is 1.17 bits per heavy atom. The van der Waals surface area contributed by atoms with E-state index in [1.165, 1.54) is 0 Å². The molecule has 246 valence electrons. The number of carbonyl (C=O) groups is 2. The summed E-state index contributed by atoms with van der Waals surface area (Å²) >= 11 is 0. The van der Waals surface area contributed by atoms with Crippen molar-refractivity contribution in [1.29, 1.82) is 0 Å². The van der Waals surface area contributed by atoms with Crippen LogP contribution in [-0.2, 0) is 9.59 Å². The second-order valence-electron chi connectivity index (χ2n) is 11.8. The summed E-state index contributed by atoms with van der Waals surface area (Å²) in [4.78, 5) is 33.2. The van der Waals surface area contributed by atoms with E-state index in [9.17, 15) is 30.0 Å². The fourth-order valence-corrected chi connectivity index (χ4v) is 4.16. The van der Waals surface area contributed by atoms with E-state index in [1.54, 1.807) is 6.92 Å². The third kappa shape index (κ3) is 15.3. The Labute approximate surface area is 252 Å². The zero-order valence-corrected chi connectivity index (χ0v) is 26.9. The first kappa shape index (κ1) is 39.7. The Bertz CT molecular complexity index is 844. The van der Waals surface area contributed by atoms with Crippen LogP contribution >= 0.6 is 0 Å². The molecule has 10 N–H and O–H groups in total. The van der Waals surface area contributed by atoms with Gasteiger partial charge < -0.3 is 42.5 Å². The molecule has 2 amide bonds. The van der Waals surface area contributed by atoms with Gasteiger partial charge in [0.05, 0.1) is 18.2 Å². The van der Waals surface area contributed by atoms with Crippen LogP contribution in [0.4, 0.5) is 0 Å². The molecule has 0 spiro atoms. The van der Waals surface area contributed by atoms with Gasteiger partial charge in [0.2, 0.25) is 0 Å². The zero-order chi connectivity index (χ0) is 32.3. The Hall–Kier alpha value is -2.28. The monoisotopic (exact) mass is 600 g/mol. The Balaban J connectivity index is 4.29. The van der Waals surface area contributed by atoms with Crippen LogP contribution in [0, 0.1) is 5.41 Å². The van der Waals surface area contributed by atoms with E-state index in [1.807, 2.05) is 13.8 Å². The molecule has 0 aromatic rings. The molecule has 0 aromatic carbocycles. The third-order valence-electron chi connectivity index (χ3n) is 8.60. The standard InChI is InChI=1S/C30H60N6O6/c1-7-29(5,8-2)17-18-33-21(31)15-13-11-12-14-16-22(32)34-19-20-35-27(41)25(39)23(37)24(38)26(40)28(42)36-30(6,9-3)10-4/h23-26,37-40H,7-20H2,1-6H3,(H2,31,33)(H2,32,34)(H,35,41)(H,36,42)/t23-,24+,25+,26-/m0/s1. The van der Waals surface area contributed by atoms with Gasteiger partial charge in [-0.3, -0.25) is 19.6 Å². The first-order valence-corrected chi connectivity index (χ1v) is 15.6. The number of nitrogens with zero attached hydrogens (tertiary/aromatic N) is 2. The van der Waals surface area contributed by atoms with Crippen LogP contribution < -0.4 is 22.1 Å². The van der Waals surface area contributed by atoms with Crippen LogP contribution in [0.5, 0.6) is 0 Å². The largest absolute Gasteiger partial charge is 0.387 e. The summed E-state index contributed by atoms with van der Waals surface area (Å²) in [5.41, 5.74) is 11.7. The van der Waals surface area contributed by atoms with E-state index < -0.39 is 41.8 Å². The van der Waals surface area contributed by atoms with Gasteiger partial charge in [0.1, 0.15) is 12.2 Å². The van der Waals surface area contributed by atoms with Gasteiger partial charge in [0.15, 0.2) is 12.2 Å². The van der Waals surface area contributed by atoms with Gasteiger partial charge in [-0.25, -0.2) is 0 Å². The van der Waals surface area contributed by atoms with Crippen molar-refractivity contribution >= 4 is 23.5 Å². The fourth-order valence-electron chi connectivity index (χ4n) is 4.16. The van der Waals surface area contributed by atoms with E-state index in [0.717, 1.165) is 57.9 Å². The first-order valence-electron chi connectivity index (χ1n) is 15.6. The van der Waals surface area contributed by atoms with Crippen molar-refractivity contribution in [3.8, 4) is 0 Å². The lowest BCUT2D eigenvalue weighted by atomic mass is 9.81. The molecule has 0 bridgehead atoms. The van der Waals surface area contributed by atoms with Gasteiger partial charge in [-0.05, 0) is 44.4 Å². The van der Waals surface area contributed by atoms with Crippen molar-refractivity contribution in [3.05, 3.63) is 0 Å². The smallest absolute Gasteiger partial charge is 0.252 e. The molecule has 0 saturated heterocycles. The van der Waals surface area contributed by atoms with E-state index in [4.69, 9.17) is 11.5 Å². The Morgan fingerprint density at radius 3 is 1.62 bits per heavy atom. The average Bonchev–Trinajstić information content (AvgIpc) is 2.98. The van der Waals surface area contributed by atoms with Gasteiger partial charge >= 0.3 is 0 Å². The second kappa shape index (κ2) is 20.6. The molecule has 0 rings (SSSR count). The number of aliphatic imine (C=N–C) groups is 2. The van der Waals surface area contributed by atoms with Crippen molar-refractivity contribution in [2.75, 3.05) is 19.6 Å². The summed E-state index contributed by atoms with van der Waals surface area (Å²) < 4.78 is 0. The maximum atomic E-state index is 12.3. The topological polar surface area (TPSA) is 216 Å². The van der Waals surface area contributed by atoms with Crippen molar-refractivity contribution in [2.45, 2.75) is 142 Å². The second-order valence-corrected chi connectivity index (χ2v) is 11.8.